The minimum Gasteiger partial charge on any atom is -0.465 e. The van der Waals surface area contributed by atoms with Crippen LogP contribution in [0.1, 0.15) is 21.6 Å². The molecule has 21 heavy (non-hydrogen) atoms. The van der Waals surface area contributed by atoms with Crippen LogP contribution in [0, 0.1) is 6.92 Å². The molecule has 2 heterocycles. The number of ether oxygens (including phenoxy) is 1. The SMILES string of the molecule is COC(=O)c1ccnc(C[n+]2[nH]cc3cc(C)ccc32)c1. The number of fused-ring (bicyclic) bond motifs is 1. The van der Waals surface area contributed by atoms with Gasteiger partial charge in [0.1, 0.15) is 5.69 Å². The van der Waals surface area contributed by atoms with Gasteiger partial charge in [0.2, 0.25) is 12.1 Å². The largest absolute Gasteiger partial charge is 0.465 e. The highest BCUT2D eigenvalue weighted by Crippen LogP contribution is 2.12. The predicted molar refractivity (Wildman–Crippen MR) is 77.9 cm³/mol. The molecule has 3 aromatic rings. The summed E-state index contributed by atoms with van der Waals surface area (Å²) in [6.45, 7) is 2.63. The summed E-state index contributed by atoms with van der Waals surface area (Å²) >= 11 is 0. The van der Waals surface area contributed by atoms with Crippen molar-refractivity contribution in [3.63, 3.8) is 0 Å². The van der Waals surface area contributed by atoms with Gasteiger partial charge in [-0.15, -0.1) is 4.68 Å². The summed E-state index contributed by atoms with van der Waals surface area (Å²) in [6.07, 6.45) is 3.59. The van der Waals surface area contributed by atoms with E-state index in [1.54, 1.807) is 18.3 Å². The van der Waals surface area contributed by atoms with Crippen molar-refractivity contribution in [2.24, 2.45) is 0 Å². The van der Waals surface area contributed by atoms with E-state index in [-0.39, 0.29) is 5.97 Å². The molecular formula is C16H16N3O2+. The number of aromatic amines is 1. The van der Waals surface area contributed by atoms with E-state index >= 15 is 0 Å². The summed E-state index contributed by atoms with van der Waals surface area (Å²) in [7, 11) is 1.37. The van der Waals surface area contributed by atoms with Crippen LogP contribution < -0.4 is 4.68 Å². The summed E-state index contributed by atoms with van der Waals surface area (Å²) in [5.41, 5.74) is 3.63. The minimum atomic E-state index is -0.351. The maximum absolute atomic E-state index is 11.6. The molecule has 0 atom stereocenters. The Morgan fingerprint density at radius 1 is 1.33 bits per heavy atom. The Morgan fingerprint density at radius 2 is 2.19 bits per heavy atom. The Bertz CT molecular complexity index is 808. The zero-order valence-electron chi connectivity index (χ0n) is 12.0. The van der Waals surface area contributed by atoms with Gasteiger partial charge in [-0.1, -0.05) is 6.07 Å². The number of carbonyl (C=O) groups is 1. The number of hydrogen-bond acceptors (Lipinski definition) is 3. The summed E-state index contributed by atoms with van der Waals surface area (Å²) in [4.78, 5) is 15.9. The molecule has 0 spiro atoms. The van der Waals surface area contributed by atoms with Crippen molar-refractivity contribution < 1.29 is 14.2 Å². The van der Waals surface area contributed by atoms with Crippen molar-refractivity contribution in [2.75, 3.05) is 7.11 Å². The van der Waals surface area contributed by atoms with Gasteiger partial charge in [0.15, 0.2) is 0 Å². The Kier molecular flexibility index (Phi) is 3.39. The first-order chi connectivity index (χ1) is 10.2. The lowest BCUT2D eigenvalue weighted by Gasteiger charge is -2.00. The third kappa shape index (κ3) is 2.63. The van der Waals surface area contributed by atoms with E-state index in [9.17, 15) is 4.79 Å². The Balaban J connectivity index is 1.93. The fourth-order valence-corrected chi connectivity index (χ4v) is 2.35. The van der Waals surface area contributed by atoms with Gasteiger partial charge in [-0.3, -0.25) is 4.98 Å². The number of benzene rings is 1. The smallest absolute Gasteiger partial charge is 0.337 e. The van der Waals surface area contributed by atoms with Gasteiger partial charge in [-0.2, -0.15) is 5.10 Å². The number of nitrogens with zero attached hydrogens (tertiary/aromatic N) is 2. The average Bonchev–Trinajstić information content (AvgIpc) is 2.89. The second-order valence-electron chi connectivity index (χ2n) is 4.95. The summed E-state index contributed by atoms with van der Waals surface area (Å²) in [6, 6.07) is 9.67. The van der Waals surface area contributed by atoms with Crippen molar-refractivity contribution in [1.82, 2.24) is 10.1 Å². The number of esters is 1. The fraction of sp³-hybridized carbons (Fsp3) is 0.188. The second-order valence-corrected chi connectivity index (χ2v) is 4.95. The van der Waals surface area contributed by atoms with E-state index in [2.05, 4.69) is 35.2 Å². The number of aromatic nitrogens is 3. The van der Waals surface area contributed by atoms with Gasteiger partial charge in [-0.25, -0.2) is 4.79 Å². The number of rotatable bonds is 3. The number of methoxy groups -OCH3 is 1. The van der Waals surface area contributed by atoms with Crippen molar-refractivity contribution in [3.05, 3.63) is 59.5 Å². The number of pyridine rings is 1. The molecule has 0 bridgehead atoms. The standard InChI is InChI=1S/C16H15N3O2/c1-11-3-4-15-13(7-11)9-18-19(15)10-14-8-12(5-6-17-14)16(20)21-2/h3-9H,10H2,1-2H3/p+1. The third-order valence-electron chi connectivity index (χ3n) is 3.41. The van der Waals surface area contributed by atoms with Crippen LogP contribution in [-0.2, 0) is 11.3 Å². The lowest BCUT2D eigenvalue weighted by molar-refractivity contribution is -0.719. The number of hydrogen-bond donors (Lipinski definition) is 1. The zero-order chi connectivity index (χ0) is 14.8. The van der Waals surface area contributed by atoms with Crippen LogP contribution in [0.15, 0.2) is 42.7 Å². The van der Waals surface area contributed by atoms with E-state index in [0.29, 0.717) is 12.1 Å². The lowest BCUT2D eigenvalue weighted by atomic mass is 10.2. The molecule has 5 nitrogen and oxygen atoms in total. The summed E-state index contributed by atoms with van der Waals surface area (Å²) < 4.78 is 6.73. The highest BCUT2D eigenvalue weighted by Gasteiger charge is 2.14. The van der Waals surface area contributed by atoms with Gasteiger partial charge in [0.05, 0.1) is 24.3 Å². The second kappa shape index (κ2) is 5.36. The average molecular weight is 282 g/mol. The molecule has 0 aliphatic carbocycles. The van der Waals surface area contributed by atoms with Gasteiger partial charge >= 0.3 is 5.97 Å². The maximum atomic E-state index is 11.6. The van der Waals surface area contributed by atoms with Crippen LogP contribution in [0.4, 0.5) is 0 Å². The summed E-state index contributed by atoms with van der Waals surface area (Å²) in [5, 5.41) is 4.36. The normalized spacial score (nSPS) is 10.8. The van der Waals surface area contributed by atoms with Crippen LogP contribution in [0.25, 0.3) is 10.9 Å². The molecular weight excluding hydrogens is 266 g/mol. The van der Waals surface area contributed by atoms with Crippen LogP contribution >= 0.6 is 0 Å². The first-order valence-corrected chi connectivity index (χ1v) is 6.68. The fourth-order valence-electron chi connectivity index (χ4n) is 2.35. The summed E-state index contributed by atoms with van der Waals surface area (Å²) in [5.74, 6) is -0.351. The molecule has 0 radical (unpaired) electrons. The van der Waals surface area contributed by atoms with Crippen molar-refractivity contribution in [1.29, 1.82) is 0 Å². The molecule has 1 aromatic carbocycles. The number of nitrogens with one attached hydrogen (secondary N) is 1. The van der Waals surface area contributed by atoms with Crippen LogP contribution in [0.5, 0.6) is 0 Å². The number of aryl methyl sites for hydroxylation is 1. The Hall–Kier alpha value is -2.69. The van der Waals surface area contributed by atoms with Crippen LogP contribution in [-0.4, -0.2) is 23.2 Å². The molecule has 106 valence electrons. The van der Waals surface area contributed by atoms with E-state index < -0.39 is 0 Å². The molecule has 2 aromatic heterocycles. The van der Waals surface area contributed by atoms with E-state index in [4.69, 9.17) is 4.74 Å². The topological polar surface area (TPSA) is 58.9 Å². The molecule has 5 heteroatoms. The van der Waals surface area contributed by atoms with E-state index in [1.807, 2.05) is 10.9 Å². The number of carbonyl (C=O) groups excluding carboxylic acids is 1. The molecule has 0 aliphatic heterocycles. The zero-order valence-corrected chi connectivity index (χ0v) is 12.0. The van der Waals surface area contributed by atoms with E-state index in [0.717, 1.165) is 16.6 Å². The van der Waals surface area contributed by atoms with E-state index in [1.165, 1.54) is 12.7 Å². The molecule has 0 unspecified atom stereocenters. The van der Waals surface area contributed by atoms with Gasteiger partial charge in [0.25, 0.3) is 0 Å². The van der Waals surface area contributed by atoms with Gasteiger partial charge < -0.3 is 4.74 Å². The molecule has 0 saturated heterocycles. The first kappa shape index (κ1) is 13.3. The van der Waals surface area contributed by atoms with Crippen molar-refractivity contribution >= 4 is 16.9 Å². The molecule has 0 fully saturated rings. The molecule has 0 saturated carbocycles. The third-order valence-corrected chi connectivity index (χ3v) is 3.41. The Labute approximate surface area is 122 Å². The van der Waals surface area contributed by atoms with Crippen molar-refractivity contribution in [2.45, 2.75) is 13.5 Å². The van der Waals surface area contributed by atoms with Crippen molar-refractivity contribution in [3.8, 4) is 0 Å². The highest BCUT2D eigenvalue weighted by atomic mass is 16.5. The van der Waals surface area contributed by atoms with Crippen LogP contribution in [0.2, 0.25) is 0 Å². The first-order valence-electron chi connectivity index (χ1n) is 6.68. The highest BCUT2D eigenvalue weighted by molar-refractivity contribution is 5.89. The minimum absolute atomic E-state index is 0.351. The quantitative estimate of drug-likeness (QED) is 0.590. The monoisotopic (exact) mass is 282 g/mol. The molecule has 0 amide bonds. The molecule has 1 N–H and O–H groups in total. The van der Waals surface area contributed by atoms with Crippen LogP contribution in [0.3, 0.4) is 0 Å². The molecule has 3 rings (SSSR count). The predicted octanol–water partition coefficient (Wildman–Crippen LogP) is 1.99. The van der Waals surface area contributed by atoms with Gasteiger partial charge in [-0.05, 0) is 30.7 Å². The number of H-pyrrole nitrogens is 1. The lowest BCUT2D eigenvalue weighted by Crippen LogP contribution is -2.36. The molecule has 0 aliphatic rings. The Morgan fingerprint density at radius 3 is 3.00 bits per heavy atom. The van der Waals surface area contributed by atoms with Gasteiger partial charge in [0, 0.05) is 12.3 Å². The maximum Gasteiger partial charge on any atom is 0.337 e.